The second kappa shape index (κ2) is 15.5. The van der Waals surface area contributed by atoms with E-state index in [1.54, 1.807) is 43.5 Å². The Labute approximate surface area is 215 Å². The van der Waals surface area contributed by atoms with Crippen LogP contribution in [0.5, 0.6) is 0 Å². The van der Waals surface area contributed by atoms with Gasteiger partial charge in [-0.25, -0.2) is 4.79 Å². The van der Waals surface area contributed by atoms with Gasteiger partial charge in [0.15, 0.2) is 0 Å². The van der Waals surface area contributed by atoms with Crippen molar-refractivity contribution in [1.82, 2.24) is 15.5 Å². The zero-order chi connectivity index (χ0) is 26.4. The first-order valence-electron chi connectivity index (χ1n) is 12.4. The fourth-order valence-corrected chi connectivity index (χ4v) is 4.04. The van der Waals surface area contributed by atoms with Crippen LogP contribution < -0.4 is 10.6 Å². The SMILES string of the molecule is C=Cc1cccc(C(C(=O)NCCCC)N(CCC)C(=O)C(CCSC)NC(=O)OC(C)(C)C)c1. The fraction of sp³-hybridized carbons (Fsp3) is 0.593. The lowest BCUT2D eigenvalue weighted by Crippen LogP contribution is -2.53. The minimum atomic E-state index is -0.823. The number of nitrogens with one attached hydrogen (secondary N) is 2. The monoisotopic (exact) mass is 505 g/mol. The summed E-state index contributed by atoms with van der Waals surface area (Å²) in [5.41, 5.74) is 0.885. The van der Waals surface area contributed by atoms with E-state index in [1.165, 1.54) is 0 Å². The van der Waals surface area contributed by atoms with Gasteiger partial charge < -0.3 is 20.3 Å². The minimum Gasteiger partial charge on any atom is -0.444 e. The first kappa shape index (κ1) is 30.6. The van der Waals surface area contributed by atoms with Gasteiger partial charge in [0, 0.05) is 13.1 Å². The Morgan fingerprint density at radius 1 is 1.20 bits per heavy atom. The molecule has 0 aromatic heterocycles. The Balaban J connectivity index is 3.39. The summed E-state index contributed by atoms with van der Waals surface area (Å²) in [5.74, 6) is 0.139. The highest BCUT2D eigenvalue weighted by Crippen LogP contribution is 2.25. The van der Waals surface area contributed by atoms with Crippen LogP contribution in [0.15, 0.2) is 30.8 Å². The zero-order valence-corrected chi connectivity index (χ0v) is 23.0. The second-order valence-electron chi connectivity index (χ2n) is 9.43. The molecule has 2 atom stereocenters. The number of carbonyl (C=O) groups excluding carboxylic acids is 3. The molecule has 0 saturated carbocycles. The minimum absolute atomic E-state index is 0.234. The van der Waals surface area contributed by atoms with Crippen molar-refractivity contribution in [3.8, 4) is 0 Å². The van der Waals surface area contributed by atoms with Crippen molar-refractivity contribution < 1.29 is 19.1 Å². The van der Waals surface area contributed by atoms with Gasteiger partial charge in [0.1, 0.15) is 17.7 Å². The maximum absolute atomic E-state index is 13.9. The molecule has 0 saturated heterocycles. The summed E-state index contributed by atoms with van der Waals surface area (Å²) in [6.07, 6.45) is 5.90. The number of benzene rings is 1. The van der Waals surface area contributed by atoms with Gasteiger partial charge in [0.25, 0.3) is 0 Å². The summed E-state index contributed by atoms with van der Waals surface area (Å²) >= 11 is 1.59. The summed E-state index contributed by atoms with van der Waals surface area (Å²) in [6.45, 7) is 14.1. The number of amides is 3. The van der Waals surface area contributed by atoms with Gasteiger partial charge in [-0.2, -0.15) is 11.8 Å². The van der Waals surface area contributed by atoms with Crippen LogP contribution in [0, 0.1) is 0 Å². The van der Waals surface area contributed by atoms with Crippen LogP contribution in [-0.4, -0.2) is 59.5 Å². The molecule has 0 aliphatic heterocycles. The highest BCUT2D eigenvalue weighted by atomic mass is 32.2. The third-order valence-corrected chi connectivity index (χ3v) is 5.84. The number of nitrogens with zero attached hydrogens (tertiary/aromatic N) is 1. The van der Waals surface area contributed by atoms with Crippen LogP contribution >= 0.6 is 11.8 Å². The van der Waals surface area contributed by atoms with Crippen molar-refractivity contribution in [2.45, 2.75) is 78.0 Å². The van der Waals surface area contributed by atoms with Crippen LogP contribution in [0.25, 0.3) is 6.08 Å². The van der Waals surface area contributed by atoms with Crippen molar-refractivity contribution in [3.63, 3.8) is 0 Å². The quantitative estimate of drug-likeness (QED) is 0.341. The predicted molar refractivity (Wildman–Crippen MR) is 145 cm³/mol. The number of unbranched alkanes of at least 4 members (excludes halogenated alkanes) is 1. The lowest BCUT2D eigenvalue weighted by Gasteiger charge is -2.34. The highest BCUT2D eigenvalue weighted by molar-refractivity contribution is 7.98. The number of hydrogen-bond donors (Lipinski definition) is 2. The van der Waals surface area contributed by atoms with Crippen LogP contribution in [0.3, 0.4) is 0 Å². The van der Waals surface area contributed by atoms with Crippen molar-refractivity contribution in [2.24, 2.45) is 0 Å². The molecule has 2 N–H and O–H groups in total. The third-order valence-electron chi connectivity index (χ3n) is 5.20. The summed E-state index contributed by atoms with van der Waals surface area (Å²) in [4.78, 5) is 41.5. The molecule has 0 bridgehead atoms. The summed E-state index contributed by atoms with van der Waals surface area (Å²) in [6, 6.07) is 5.86. The molecule has 196 valence electrons. The molecule has 3 amide bonds. The molecule has 0 heterocycles. The van der Waals surface area contributed by atoms with Gasteiger partial charge in [-0.15, -0.1) is 0 Å². The summed E-state index contributed by atoms with van der Waals surface area (Å²) in [5, 5.41) is 5.75. The first-order valence-corrected chi connectivity index (χ1v) is 13.8. The number of hydrogen-bond acceptors (Lipinski definition) is 5. The van der Waals surface area contributed by atoms with Gasteiger partial charge in [-0.1, -0.05) is 51.1 Å². The van der Waals surface area contributed by atoms with Crippen molar-refractivity contribution in [2.75, 3.05) is 25.1 Å². The van der Waals surface area contributed by atoms with E-state index in [-0.39, 0.29) is 11.8 Å². The molecule has 0 radical (unpaired) electrons. The second-order valence-corrected chi connectivity index (χ2v) is 10.4. The first-order chi connectivity index (χ1) is 16.6. The average Bonchev–Trinajstić information content (AvgIpc) is 2.80. The predicted octanol–water partition coefficient (Wildman–Crippen LogP) is 5.17. The van der Waals surface area contributed by atoms with E-state index in [4.69, 9.17) is 4.74 Å². The molecule has 0 fully saturated rings. The molecule has 1 aromatic carbocycles. The largest absolute Gasteiger partial charge is 0.444 e. The molecule has 0 aliphatic carbocycles. The Bertz CT molecular complexity index is 838. The third kappa shape index (κ3) is 10.8. The lowest BCUT2D eigenvalue weighted by molar-refractivity contribution is -0.142. The Kier molecular flexibility index (Phi) is 13.5. The molecule has 2 unspecified atom stereocenters. The summed E-state index contributed by atoms with van der Waals surface area (Å²) in [7, 11) is 0. The van der Waals surface area contributed by atoms with Gasteiger partial charge in [-0.3, -0.25) is 9.59 Å². The van der Waals surface area contributed by atoms with Crippen molar-refractivity contribution in [1.29, 1.82) is 0 Å². The Hall–Kier alpha value is -2.48. The van der Waals surface area contributed by atoms with Gasteiger partial charge in [0.2, 0.25) is 11.8 Å². The molecular weight excluding hydrogens is 462 g/mol. The number of rotatable bonds is 14. The number of thioether (sulfide) groups is 1. The normalized spacial score (nSPS) is 12.9. The van der Waals surface area contributed by atoms with Gasteiger partial charge in [-0.05, 0) is 69.2 Å². The molecule has 1 rings (SSSR count). The van der Waals surface area contributed by atoms with E-state index >= 15 is 0 Å². The fourth-order valence-electron chi connectivity index (χ4n) is 3.56. The van der Waals surface area contributed by atoms with E-state index < -0.39 is 23.8 Å². The molecule has 35 heavy (non-hydrogen) atoms. The smallest absolute Gasteiger partial charge is 0.408 e. The lowest BCUT2D eigenvalue weighted by atomic mass is 9.99. The maximum Gasteiger partial charge on any atom is 0.408 e. The standard InChI is InChI=1S/C27H43N3O4S/c1-8-11-16-28-24(31)23(21-14-12-13-20(10-3)19-21)30(17-9-2)25(32)22(15-18-35-7)29-26(33)34-27(4,5)6/h10,12-14,19,22-23H,3,8-9,11,15-18H2,1-2,4-7H3,(H,28,31)(H,29,33). The highest BCUT2D eigenvalue weighted by Gasteiger charge is 2.35. The average molecular weight is 506 g/mol. The number of alkyl carbamates (subject to hydrolysis) is 1. The molecule has 8 heteroatoms. The maximum atomic E-state index is 13.9. The van der Waals surface area contributed by atoms with Crippen molar-refractivity contribution >= 4 is 35.7 Å². The molecule has 0 aliphatic rings. The van der Waals surface area contributed by atoms with Crippen molar-refractivity contribution in [3.05, 3.63) is 42.0 Å². The Morgan fingerprint density at radius 3 is 2.49 bits per heavy atom. The van der Waals surface area contributed by atoms with Crippen LogP contribution in [0.4, 0.5) is 4.79 Å². The van der Waals surface area contributed by atoms with Crippen LogP contribution in [0.2, 0.25) is 0 Å². The topological polar surface area (TPSA) is 87.7 Å². The van der Waals surface area contributed by atoms with Crippen LogP contribution in [0.1, 0.15) is 77.5 Å². The Morgan fingerprint density at radius 2 is 1.91 bits per heavy atom. The molecule has 1 aromatic rings. The van der Waals surface area contributed by atoms with Gasteiger partial charge >= 0.3 is 6.09 Å². The molecule has 0 spiro atoms. The van der Waals surface area contributed by atoms with E-state index in [0.29, 0.717) is 37.2 Å². The van der Waals surface area contributed by atoms with E-state index in [9.17, 15) is 14.4 Å². The number of ether oxygens (including phenoxy) is 1. The van der Waals surface area contributed by atoms with E-state index in [1.807, 2.05) is 37.4 Å². The number of carbonyl (C=O) groups is 3. The molecular formula is C27H43N3O4S. The summed E-state index contributed by atoms with van der Waals surface area (Å²) < 4.78 is 5.41. The molecule has 7 nitrogen and oxygen atoms in total. The van der Waals surface area contributed by atoms with E-state index in [2.05, 4.69) is 24.1 Å². The van der Waals surface area contributed by atoms with Crippen LogP contribution in [-0.2, 0) is 14.3 Å². The zero-order valence-electron chi connectivity index (χ0n) is 22.2. The van der Waals surface area contributed by atoms with E-state index in [0.717, 1.165) is 18.4 Å². The van der Waals surface area contributed by atoms with Gasteiger partial charge in [0.05, 0.1) is 0 Å².